The summed E-state index contributed by atoms with van der Waals surface area (Å²) in [4.78, 5) is 73.0. The van der Waals surface area contributed by atoms with Crippen LogP contribution in [0, 0.1) is 17.8 Å². The average Bonchev–Trinajstić information content (AvgIpc) is 3.67. The minimum absolute atomic E-state index is 0.0731. The number of aromatic amines is 2. The molecule has 62 heavy (non-hydrogen) atoms. The van der Waals surface area contributed by atoms with Crippen molar-refractivity contribution in [2.75, 3.05) is 33.9 Å². The Kier molecular flexibility index (Phi) is 13.3. The quantitative estimate of drug-likeness (QED) is 0.131. The van der Waals surface area contributed by atoms with E-state index in [2.05, 4.69) is 69.1 Å². The van der Waals surface area contributed by atoms with Crippen molar-refractivity contribution < 1.29 is 33.4 Å². The largest absolute Gasteiger partial charge is 0.453 e. The van der Waals surface area contributed by atoms with Gasteiger partial charge in [-0.05, 0) is 79.4 Å². The van der Waals surface area contributed by atoms with E-state index in [1.165, 1.54) is 27.1 Å². The fourth-order valence-corrected chi connectivity index (χ4v) is 9.46. The smallest absolute Gasteiger partial charge is 0.407 e. The maximum atomic E-state index is 14.3. The monoisotopic (exact) mass is 848 g/mol. The minimum Gasteiger partial charge on any atom is -0.453 e. The van der Waals surface area contributed by atoms with Crippen molar-refractivity contribution in [3.8, 4) is 33.6 Å². The number of nitrogens with zero attached hydrogens (tertiary/aromatic N) is 4. The van der Waals surface area contributed by atoms with Crippen molar-refractivity contribution in [3.05, 3.63) is 72.1 Å². The molecule has 330 valence electrons. The lowest BCUT2D eigenvalue weighted by Crippen LogP contribution is -2.51. The highest BCUT2D eigenvalue weighted by molar-refractivity contribution is 5.87. The number of H-pyrrole nitrogens is 2. The van der Waals surface area contributed by atoms with Gasteiger partial charge in [0.05, 0.1) is 56.2 Å². The van der Waals surface area contributed by atoms with Gasteiger partial charge in [-0.3, -0.25) is 9.59 Å². The summed E-state index contributed by atoms with van der Waals surface area (Å²) in [5.41, 5.74) is 6.60. The molecule has 4 amide bonds. The lowest BCUT2D eigenvalue weighted by Gasteiger charge is -2.30. The van der Waals surface area contributed by atoms with E-state index in [0.717, 1.165) is 95.9 Å². The average molecular weight is 849 g/mol. The predicted molar refractivity (Wildman–Crippen MR) is 232 cm³/mol. The molecule has 5 heterocycles. The molecule has 2 bridgehead atoms. The second kappa shape index (κ2) is 19.1. The topological polar surface area (TPSA) is 184 Å². The number of methoxy groups -OCH3 is 2. The Bertz CT molecular complexity index is 2200. The van der Waals surface area contributed by atoms with E-state index in [4.69, 9.17) is 24.2 Å². The molecule has 3 fully saturated rings. The Morgan fingerprint density at radius 1 is 0.790 bits per heavy atom. The molecule has 1 saturated carbocycles. The second-order valence-corrected chi connectivity index (χ2v) is 17.6. The number of likely N-dealkylation sites (tertiary alicyclic amines) is 1. The summed E-state index contributed by atoms with van der Waals surface area (Å²) >= 11 is 0. The van der Waals surface area contributed by atoms with Crippen LogP contribution in [0.4, 0.5) is 9.59 Å². The summed E-state index contributed by atoms with van der Waals surface area (Å²) in [5, 5.41) is 5.55. The standard InChI is InChI=1S/C47H60N8O7/c1-28(2)40(53-47(59)61-4)45(57)54-22-9-11-38(54)42-48-25-36(49-42)32-18-14-29(15-19-32)30-16-20-33(21-17-30)41-37-27-62-23-8-6-5-7-10-35(51-46(58)60-3)44(56)55-26-34(31-12-13-31)24-39(55)43(50-37)52-41/h14-21,25,28,31,34-35,38-40H,5-13,22-24,26-27H2,1-4H3,(H,48,49)(H,50,52)(H,51,58)(H,53,59)/t34-,35-,38-,39-,40-/m0/s1. The maximum Gasteiger partial charge on any atom is 0.407 e. The summed E-state index contributed by atoms with van der Waals surface area (Å²) in [6.07, 6.45) is 9.64. The van der Waals surface area contributed by atoms with Crippen LogP contribution in [0.2, 0.25) is 0 Å². The van der Waals surface area contributed by atoms with E-state index >= 15 is 0 Å². The zero-order valence-corrected chi connectivity index (χ0v) is 36.3. The summed E-state index contributed by atoms with van der Waals surface area (Å²) in [6.45, 7) is 6.07. The Labute approximate surface area is 363 Å². The number of hydrogen-bond donors (Lipinski definition) is 4. The Hall–Kier alpha value is -5.70. The highest BCUT2D eigenvalue weighted by Gasteiger charge is 2.46. The van der Waals surface area contributed by atoms with Crippen LogP contribution in [0.5, 0.6) is 0 Å². The fraction of sp³-hybridized carbons (Fsp3) is 0.532. The fourth-order valence-electron chi connectivity index (χ4n) is 9.46. The highest BCUT2D eigenvalue weighted by Crippen LogP contribution is 2.47. The van der Waals surface area contributed by atoms with E-state index in [1.807, 2.05) is 29.8 Å². The summed E-state index contributed by atoms with van der Waals surface area (Å²) in [6, 6.07) is 14.9. The maximum absolute atomic E-state index is 14.3. The van der Waals surface area contributed by atoms with Gasteiger partial charge in [-0.2, -0.15) is 0 Å². The van der Waals surface area contributed by atoms with Crippen molar-refractivity contribution >= 4 is 24.0 Å². The van der Waals surface area contributed by atoms with Crippen LogP contribution in [0.25, 0.3) is 33.6 Å². The third-order valence-corrected chi connectivity index (χ3v) is 13.1. The summed E-state index contributed by atoms with van der Waals surface area (Å²) < 4.78 is 15.9. The van der Waals surface area contributed by atoms with Gasteiger partial charge in [0.25, 0.3) is 0 Å². The first-order valence-corrected chi connectivity index (χ1v) is 22.3. The molecule has 2 saturated heterocycles. The van der Waals surface area contributed by atoms with Crippen LogP contribution >= 0.6 is 0 Å². The molecule has 0 spiro atoms. The molecular weight excluding hydrogens is 789 g/mol. The lowest BCUT2D eigenvalue weighted by molar-refractivity contribution is -0.136. The number of benzene rings is 2. The summed E-state index contributed by atoms with van der Waals surface area (Å²) in [7, 11) is 2.62. The highest BCUT2D eigenvalue weighted by atomic mass is 16.5. The van der Waals surface area contributed by atoms with Gasteiger partial charge in [0, 0.05) is 25.3 Å². The van der Waals surface area contributed by atoms with E-state index in [-0.39, 0.29) is 29.8 Å². The van der Waals surface area contributed by atoms with Gasteiger partial charge in [-0.25, -0.2) is 19.6 Å². The molecule has 3 aliphatic heterocycles. The van der Waals surface area contributed by atoms with Crippen LogP contribution in [-0.4, -0.2) is 99.7 Å². The normalized spacial score (nSPS) is 22.7. The van der Waals surface area contributed by atoms with Gasteiger partial charge >= 0.3 is 12.2 Å². The van der Waals surface area contributed by atoms with Gasteiger partial charge < -0.3 is 44.6 Å². The van der Waals surface area contributed by atoms with Crippen LogP contribution in [0.15, 0.2) is 54.7 Å². The van der Waals surface area contributed by atoms with Gasteiger partial charge in [0.15, 0.2) is 0 Å². The van der Waals surface area contributed by atoms with Crippen molar-refractivity contribution in [2.24, 2.45) is 17.8 Å². The molecule has 1 aliphatic carbocycles. The number of ether oxygens (including phenoxy) is 3. The number of rotatable bonds is 9. The molecular formula is C47H60N8O7. The number of amides is 4. The molecule has 8 rings (SSSR count). The minimum atomic E-state index is -0.693. The molecule has 4 N–H and O–H groups in total. The van der Waals surface area contributed by atoms with Crippen molar-refractivity contribution in [1.82, 2.24) is 40.4 Å². The molecule has 2 aromatic heterocycles. The van der Waals surface area contributed by atoms with Gasteiger partial charge in [-0.1, -0.05) is 81.6 Å². The van der Waals surface area contributed by atoms with Crippen molar-refractivity contribution in [2.45, 2.75) is 109 Å². The molecule has 15 nitrogen and oxygen atoms in total. The van der Waals surface area contributed by atoms with E-state index in [9.17, 15) is 19.2 Å². The Balaban J connectivity index is 0.993. The number of carbonyl (C=O) groups excluding carboxylic acids is 4. The third kappa shape index (κ3) is 9.52. The van der Waals surface area contributed by atoms with Crippen molar-refractivity contribution in [1.29, 1.82) is 0 Å². The van der Waals surface area contributed by atoms with Crippen LogP contribution in [0.3, 0.4) is 0 Å². The first kappa shape index (κ1) is 43.0. The Morgan fingerprint density at radius 2 is 1.48 bits per heavy atom. The predicted octanol–water partition coefficient (Wildman–Crippen LogP) is 7.68. The first-order valence-electron chi connectivity index (χ1n) is 22.3. The summed E-state index contributed by atoms with van der Waals surface area (Å²) in [5.74, 6) is 2.17. The number of alkyl carbamates (subject to hydrolysis) is 2. The molecule has 0 unspecified atom stereocenters. The van der Waals surface area contributed by atoms with Crippen LogP contribution in [0.1, 0.15) is 107 Å². The number of imidazole rings is 2. The van der Waals surface area contributed by atoms with Crippen LogP contribution in [-0.2, 0) is 30.4 Å². The number of aromatic nitrogens is 4. The molecule has 15 heteroatoms. The SMILES string of the molecule is COC(=O)N[C@H]1CCCCCCOCc2[nH]c(nc2-c2ccc(-c3ccc(-c4cnc([C@@H]5CCCN5C(=O)[C@@H](NC(=O)OC)C(C)C)[nH]4)cc3)cc2)[C@@H]2C[C@H](C3CC3)CN2C1=O. The zero-order valence-electron chi connectivity index (χ0n) is 36.3. The Morgan fingerprint density at radius 3 is 2.18 bits per heavy atom. The second-order valence-electron chi connectivity index (χ2n) is 17.6. The third-order valence-electron chi connectivity index (χ3n) is 13.1. The molecule has 0 radical (unpaired) electrons. The van der Waals surface area contributed by atoms with Gasteiger partial charge in [0.1, 0.15) is 23.7 Å². The molecule has 5 atom stereocenters. The lowest BCUT2D eigenvalue weighted by atomic mass is 10.00. The molecule has 2 aromatic carbocycles. The van der Waals surface area contributed by atoms with E-state index in [0.29, 0.717) is 44.6 Å². The molecule has 4 aliphatic rings. The number of nitrogens with one attached hydrogen (secondary N) is 4. The van der Waals surface area contributed by atoms with E-state index in [1.54, 1.807) is 0 Å². The number of carbonyl (C=O) groups is 4. The van der Waals surface area contributed by atoms with Crippen molar-refractivity contribution in [3.63, 3.8) is 0 Å². The number of fused-ring (bicyclic) bond motifs is 4. The van der Waals surface area contributed by atoms with Gasteiger partial charge in [-0.15, -0.1) is 0 Å². The van der Waals surface area contributed by atoms with E-state index < -0.39 is 24.3 Å². The first-order chi connectivity index (χ1) is 30.1. The number of hydrogen-bond acceptors (Lipinski definition) is 9. The zero-order chi connectivity index (χ0) is 43.3. The molecule has 4 aromatic rings. The van der Waals surface area contributed by atoms with Gasteiger partial charge in [0.2, 0.25) is 11.8 Å². The van der Waals surface area contributed by atoms with Crippen LogP contribution < -0.4 is 10.6 Å².